The van der Waals surface area contributed by atoms with Crippen LogP contribution in [0.4, 0.5) is 5.69 Å². The van der Waals surface area contributed by atoms with E-state index in [4.69, 9.17) is 11.6 Å². The highest BCUT2D eigenvalue weighted by Gasteiger charge is 2.10. The van der Waals surface area contributed by atoms with Crippen LogP contribution in [0, 0.1) is 0 Å². The second-order valence-corrected chi connectivity index (χ2v) is 5.17. The molecular formula is C14H18ClN3O. The molecule has 5 heteroatoms. The molecule has 1 aromatic carbocycles. The maximum Gasteiger partial charge on any atom is 0.0762 e. The van der Waals surface area contributed by atoms with E-state index in [-0.39, 0.29) is 0 Å². The molecule has 4 nitrogen and oxygen atoms in total. The van der Waals surface area contributed by atoms with Crippen molar-refractivity contribution in [3.05, 3.63) is 46.7 Å². The number of rotatable bonds is 4. The molecule has 2 rings (SSSR count). The van der Waals surface area contributed by atoms with Gasteiger partial charge in [-0.3, -0.25) is 4.68 Å². The predicted molar refractivity (Wildman–Crippen MR) is 77.4 cm³/mol. The molecule has 0 saturated heterocycles. The Labute approximate surface area is 118 Å². The van der Waals surface area contributed by atoms with Gasteiger partial charge in [-0.15, -0.1) is 0 Å². The van der Waals surface area contributed by atoms with Gasteiger partial charge in [0.15, 0.2) is 0 Å². The van der Waals surface area contributed by atoms with Crippen LogP contribution in [0.1, 0.15) is 24.2 Å². The Morgan fingerprint density at radius 3 is 2.74 bits per heavy atom. The number of aromatic nitrogens is 2. The van der Waals surface area contributed by atoms with Gasteiger partial charge in [-0.2, -0.15) is 5.10 Å². The van der Waals surface area contributed by atoms with Gasteiger partial charge in [-0.25, -0.2) is 0 Å². The van der Waals surface area contributed by atoms with Crippen LogP contribution in [0.25, 0.3) is 0 Å². The number of anilines is 1. The zero-order chi connectivity index (χ0) is 14.0. The summed E-state index contributed by atoms with van der Waals surface area (Å²) in [5.74, 6) is 0. The molecule has 0 fully saturated rings. The second kappa shape index (κ2) is 5.63. The number of benzene rings is 1. The molecule has 1 N–H and O–H groups in total. The monoisotopic (exact) mass is 279 g/mol. The van der Waals surface area contributed by atoms with Crippen LogP contribution in [0.15, 0.2) is 30.6 Å². The lowest BCUT2D eigenvalue weighted by Gasteiger charge is -2.20. The first kappa shape index (κ1) is 13.9. The molecule has 0 radical (unpaired) electrons. The van der Waals surface area contributed by atoms with Crippen LogP contribution in [0.2, 0.25) is 5.02 Å². The number of aryl methyl sites for hydroxylation is 1. The normalized spacial score (nSPS) is 12.5. The summed E-state index contributed by atoms with van der Waals surface area (Å²) < 4.78 is 1.78. The van der Waals surface area contributed by atoms with Gasteiger partial charge in [-0.05, 0) is 24.6 Å². The molecule has 2 aromatic rings. The Morgan fingerprint density at radius 1 is 1.47 bits per heavy atom. The molecule has 0 bridgehead atoms. The first-order chi connectivity index (χ1) is 8.97. The lowest BCUT2D eigenvalue weighted by atomic mass is 10.1. The Hall–Kier alpha value is -1.52. The van der Waals surface area contributed by atoms with Crippen molar-refractivity contribution in [1.29, 1.82) is 0 Å². The summed E-state index contributed by atoms with van der Waals surface area (Å²) in [7, 11) is 3.88. The van der Waals surface area contributed by atoms with Crippen LogP contribution in [0.3, 0.4) is 0 Å². The van der Waals surface area contributed by atoms with Crippen molar-refractivity contribution in [2.45, 2.75) is 19.6 Å². The standard InChI is InChI=1S/C14H18ClN3O/c1-10(19)12-4-5-14(13(15)6-12)17(2)8-11-7-16-18(3)9-11/h4-7,9-10,19H,8H2,1-3H3. The van der Waals surface area contributed by atoms with E-state index in [2.05, 4.69) is 10.00 Å². The summed E-state index contributed by atoms with van der Waals surface area (Å²) in [5, 5.41) is 14.3. The summed E-state index contributed by atoms with van der Waals surface area (Å²) in [5.41, 5.74) is 2.89. The molecule has 1 unspecified atom stereocenters. The molecule has 102 valence electrons. The molecule has 0 spiro atoms. The summed E-state index contributed by atoms with van der Waals surface area (Å²) in [6, 6.07) is 5.63. The van der Waals surface area contributed by atoms with E-state index in [9.17, 15) is 5.11 Å². The van der Waals surface area contributed by atoms with E-state index in [0.29, 0.717) is 5.02 Å². The van der Waals surface area contributed by atoms with Gasteiger partial charge in [0.1, 0.15) is 0 Å². The number of halogens is 1. The largest absolute Gasteiger partial charge is 0.389 e. The van der Waals surface area contributed by atoms with Crippen LogP contribution in [0.5, 0.6) is 0 Å². The van der Waals surface area contributed by atoms with Crippen LogP contribution >= 0.6 is 11.6 Å². The lowest BCUT2D eigenvalue weighted by molar-refractivity contribution is 0.199. The predicted octanol–water partition coefficient (Wildman–Crippen LogP) is 2.76. The van der Waals surface area contributed by atoms with E-state index in [1.165, 1.54) is 0 Å². The fourth-order valence-electron chi connectivity index (χ4n) is 2.01. The number of aliphatic hydroxyl groups is 1. The minimum absolute atomic E-state index is 0.504. The topological polar surface area (TPSA) is 41.3 Å². The number of nitrogens with zero attached hydrogens (tertiary/aromatic N) is 3. The van der Waals surface area contributed by atoms with Crippen molar-refractivity contribution < 1.29 is 5.11 Å². The first-order valence-electron chi connectivity index (χ1n) is 6.13. The molecule has 1 aromatic heterocycles. The quantitative estimate of drug-likeness (QED) is 0.936. The smallest absolute Gasteiger partial charge is 0.0762 e. The zero-order valence-electron chi connectivity index (χ0n) is 11.3. The SMILES string of the molecule is CC(O)c1ccc(N(C)Cc2cnn(C)c2)c(Cl)c1. The summed E-state index contributed by atoms with van der Waals surface area (Å²) in [6.45, 7) is 2.46. The van der Waals surface area contributed by atoms with E-state index in [0.717, 1.165) is 23.4 Å². The van der Waals surface area contributed by atoms with Crippen molar-refractivity contribution in [1.82, 2.24) is 9.78 Å². The third-order valence-corrected chi connectivity index (χ3v) is 3.35. The van der Waals surface area contributed by atoms with Crippen molar-refractivity contribution in [3.8, 4) is 0 Å². The molecule has 1 heterocycles. The maximum absolute atomic E-state index is 9.53. The fraction of sp³-hybridized carbons (Fsp3) is 0.357. The van der Waals surface area contributed by atoms with E-state index < -0.39 is 6.10 Å². The Morgan fingerprint density at radius 2 is 2.21 bits per heavy atom. The van der Waals surface area contributed by atoms with Gasteiger partial charge in [-0.1, -0.05) is 17.7 Å². The third-order valence-electron chi connectivity index (χ3n) is 3.04. The van der Waals surface area contributed by atoms with Crippen molar-refractivity contribution in [2.75, 3.05) is 11.9 Å². The zero-order valence-corrected chi connectivity index (χ0v) is 12.1. The number of hydrogen-bond acceptors (Lipinski definition) is 3. The van der Waals surface area contributed by atoms with Crippen molar-refractivity contribution >= 4 is 17.3 Å². The summed E-state index contributed by atoms with van der Waals surface area (Å²) in [4.78, 5) is 2.06. The minimum atomic E-state index is -0.504. The molecule has 0 aliphatic carbocycles. The van der Waals surface area contributed by atoms with Gasteiger partial charge >= 0.3 is 0 Å². The highest BCUT2D eigenvalue weighted by atomic mass is 35.5. The fourth-order valence-corrected chi connectivity index (χ4v) is 2.34. The summed E-state index contributed by atoms with van der Waals surface area (Å²) >= 11 is 6.27. The molecular weight excluding hydrogens is 262 g/mol. The van der Waals surface area contributed by atoms with Gasteiger partial charge in [0.05, 0.1) is 23.0 Å². The molecule has 0 saturated carbocycles. The Kier molecular flexibility index (Phi) is 4.12. The Balaban J connectivity index is 2.17. The van der Waals surface area contributed by atoms with E-state index in [1.54, 1.807) is 17.7 Å². The summed E-state index contributed by atoms with van der Waals surface area (Å²) in [6.07, 6.45) is 3.32. The van der Waals surface area contributed by atoms with Gasteiger partial charge in [0, 0.05) is 32.4 Å². The first-order valence-corrected chi connectivity index (χ1v) is 6.51. The number of hydrogen-bond donors (Lipinski definition) is 1. The van der Waals surface area contributed by atoms with Gasteiger partial charge < -0.3 is 10.0 Å². The number of aliphatic hydroxyl groups excluding tert-OH is 1. The maximum atomic E-state index is 9.53. The average molecular weight is 280 g/mol. The van der Waals surface area contributed by atoms with E-state index in [1.807, 2.05) is 38.6 Å². The third kappa shape index (κ3) is 3.28. The highest BCUT2D eigenvalue weighted by Crippen LogP contribution is 2.29. The highest BCUT2D eigenvalue weighted by molar-refractivity contribution is 6.33. The molecule has 0 aliphatic rings. The molecule has 1 atom stereocenters. The molecule has 0 aliphatic heterocycles. The van der Waals surface area contributed by atoms with Crippen LogP contribution in [-0.4, -0.2) is 21.9 Å². The average Bonchev–Trinajstić information content (AvgIpc) is 2.74. The van der Waals surface area contributed by atoms with Gasteiger partial charge in [0.2, 0.25) is 0 Å². The Bertz CT molecular complexity index is 566. The van der Waals surface area contributed by atoms with Crippen molar-refractivity contribution in [3.63, 3.8) is 0 Å². The van der Waals surface area contributed by atoms with Crippen molar-refractivity contribution in [2.24, 2.45) is 7.05 Å². The second-order valence-electron chi connectivity index (χ2n) is 4.77. The lowest BCUT2D eigenvalue weighted by Crippen LogP contribution is -2.16. The molecule has 19 heavy (non-hydrogen) atoms. The molecule has 0 amide bonds. The van der Waals surface area contributed by atoms with Crippen LogP contribution in [-0.2, 0) is 13.6 Å². The van der Waals surface area contributed by atoms with E-state index >= 15 is 0 Å². The van der Waals surface area contributed by atoms with Crippen LogP contribution < -0.4 is 4.90 Å². The van der Waals surface area contributed by atoms with Gasteiger partial charge in [0.25, 0.3) is 0 Å². The minimum Gasteiger partial charge on any atom is -0.389 e.